The number of carbonyl (C=O) groups is 6. The number of amides is 4. The van der Waals surface area contributed by atoms with Crippen LogP contribution in [0.5, 0.6) is 0 Å². The largest absolute Gasteiger partial charge is 0.375 e. The highest BCUT2D eigenvalue weighted by Crippen LogP contribution is 2.18. The molecule has 0 spiro atoms. The maximum Gasteiger partial charge on any atom is 0.246 e. The third-order valence-electron chi connectivity index (χ3n) is 8.12. The van der Waals surface area contributed by atoms with Gasteiger partial charge >= 0.3 is 0 Å². The van der Waals surface area contributed by atoms with Crippen LogP contribution >= 0.6 is 0 Å². The van der Waals surface area contributed by atoms with Gasteiger partial charge in [0.15, 0.2) is 11.6 Å². The number of likely N-dealkylation sites (N-methyl/N-ethyl adjacent to an activating group) is 1. The summed E-state index contributed by atoms with van der Waals surface area (Å²) in [6.45, 7) is 9.08. The Balaban J connectivity index is 1.77. The third-order valence-corrected chi connectivity index (χ3v) is 8.12. The van der Waals surface area contributed by atoms with E-state index in [9.17, 15) is 28.8 Å². The van der Waals surface area contributed by atoms with Gasteiger partial charge in [-0.2, -0.15) is 0 Å². The molecule has 4 atom stereocenters. The quantitative estimate of drug-likeness (QED) is 0.236. The lowest BCUT2D eigenvalue weighted by molar-refractivity contribution is -0.138. The van der Waals surface area contributed by atoms with Crippen molar-refractivity contribution in [3.8, 4) is 0 Å². The summed E-state index contributed by atoms with van der Waals surface area (Å²) in [5.74, 6) is -1.81. The average Bonchev–Trinajstić information content (AvgIpc) is 3.01. The molecular weight excluding hydrogens is 588 g/mol. The van der Waals surface area contributed by atoms with E-state index in [1.165, 1.54) is 28.9 Å². The van der Waals surface area contributed by atoms with Crippen molar-refractivity contribution in [2.24, 2.45) is 11.8 Å². The zero-order valence-electron chi connectivity index (χ0n) is 27.7. The van der Waals surface area contributed by atoms with E-state index in [2.05, 4.69) is 21.3 Å². The van der Waals surface area contributed by atoms with Crippen molar-refractivity contribution >= 4 is 35.2 Å². The van der Waals surface area contributed by atoms with Gasteiger partial charge in [0.05, 0.1) is 26.2 Å². The minimum Gasteiger partial charge on any atom is -0.375 e. The molecule has 2 aliphatic rings. The van der Waals surface area contributed by atoms with Gasteiger partial charge < -0.3 is 31.1 Å². The summed E-state index contributed by atoms with van der Waals surface area (Å²) in [5, 5.41) is 11.8. The van der Waals surface area contributed by atoms with Gasteiger partial charge in [-0.25, -0.2) is 0 Å². The second-order valence-electron chi connectivity index (χ2n) is 12.6. The van der Waals surface area contributed by atoms with Crippen LogP contribution in [0.2, 0.25) is 0 Å². The Morgan fingerprint density at radius 2 is 1.35 bits per heavy atom. The Kier molecular flexibility index (Phi) is 13.1. The van der Waals surface area contributed by atoms with Crippen molar-refractivity contribution < 1.29 is 28.8 Å². The molecule has 12 nitrogen and oxygen atoms in total. The van der Waals surface area contributed by atoms with E-state index in [0.29, 0.717) is 17.8 Å². The molecule has 0 saturated carbocycles. The summed E-state index contributed by atoms with van der Waals surface area (Å²) < 4.78 is 0. The molecule has 0 radical (unpaired) electrons. The van der Waals surface area contributed by atoms with Crippen molar-refractivity contribution in [2.75, 3.05) is 33.2 Å². The van der Waals surface area contributed by atoms with Gasteiger partial charge in [-0.15, -0.1) is 0 Å². The normalized spacial score (nSPS) is 17.7. The second-order valence-corrected chi connectivity index (χ2v) is 12.6. The molecule has 0 aromatic heterocycles. The number of carbonyl (C=O) groups excluding carboxylic acids is 6. The monoisotopic (exact) mass is 636 g/mol. The standard InChI is InChI=1S/C34H48N6O6/c1-7-22(4)31(32(44)35-6)38-26-16-28(43)20-40(18-26)33(45)29(13-21(2)3)37-25-15-27(42)19-39(17-25)34(46)30(36-23(5)41)14-24-11-9-8-10-12-24/h8-12,15-16,21-22,29-31,37-38H,7,13-14,17-20H2,1-6H3,(H,35,44)(H,36,41)/t22-,29-,30-,31-/m0/s1. The predicted octanol–water partition coefficient (Wildman–Crippen LogP) is 1.08. The molecule has 250 valence electrons. The fourth-order valence-electron chi connectivity index (χ4n) is 5.67. The Labute approximate surface area is 271 Å². The maximum atomic E-state index is 13.9. The molecule has 0 unspecified atom stereocenters. The van der Waals surface area contributed by atoms with Gasteiger partial charge in [-0.1, -0.05) is 64.4 Å². The fraction of sp³-hybridized carbons (Fsp3) is 0.529. The number of nitrogens with one attached hydrogen (secondary N) is 4. The van der Waals surface area contributed by atoms with Crippen LogP contribution in [0, 0.1) is 11.8 Å². The maximum absolute atomic E-state index is 13.9. The summed E-state index contributed by atoms with van der Waals surface area (Å²) in [6, 6.07) is 7.07. The zero-order valence-corrected chi connectivity index (χ0v) is 27.7. The van der Waals surface area contributed by atoms with Crippen LogP contribution < -0.4 is 21.3 Å². The highest BCUT2D eigenvalue weighted by Gasteiger charge is 2.34. The summed E-state index contributed by atoms with van der Waals surface area (Å²) in [4.78, 5) is 80.5. The van der Waals surface area contributed by atoms with Crippen LogP contribution in [0.4, 0.5) is 0 Å². The number of benzene rings is 1. The lowest BCUT2D eigenvalue weighted by atomic mass is 9.97. The Hall–Kier alpha value is -4.48. The molecule has 0 aliphatic carbocycles. The first kappa shape index (κ1) is 36.0. The molecular formula is C34H48N6O6. The molecule has 0 bridgehead atoms. The van der Waals surface area contributed by atoms with Gasteiger partial charge in [0.25, 0.3) is 0 Å². The van der Waals surface area contributed by atoms with E-state index in [1.54, 1.807) is 7.05 Å². The first-order chi connectivity index (χ1) is 21.8. The number of ketones is 2. The van der Waals surface area contributed by atoms with E-state index in [4.69, 9.17) is 0 Å². The van der Waals surface area contributed by atoms with Gasteiger partial charge in [-0.3, -0.25) is 28.8 Å². The number of hydrogen-bond acceptors (Lipinski definition) is 8. The SMILES string of the molecule is CC[C@H](C)[C@H](NC1=CC(=O)CN(C(=O)[C@H](CC(C)C)NC2=CC(=O)CN(C(=O)[C@H](Cc3ccccc3)NC(C)=O)C2)C1)C(=O)NC. The summed E-state index contributed by atoms with van der Waals surface area (Å²) in [5.41, 5.74) is 1.74. The van der Waals surface area contributed by atoms with Crippen molar-refractivity contribution in [2.45, 2.75) is 72.0 Å². The molecule has 46 heavy (non-hydrogen) atoms. The van der Waals surface area contributed by atoms with Crippen LogP contribution in [0.1, 0.15) is 53.0 Å². The molecule has 2 heterocycles. The van der Waals surface area contributed by atoms with Crippen LogP contribution in [-0.2, 0) is 35.2 Å². The highest BCUT2D eigenvalue weighted by molar-refractivity contribution is 5.99. The minimum absolute atomic E-state index is 0.0169. The van der Waals surface area contributed by atoms with Gasteiger partial charge in [0.2, 0.25) is 23.6 Å². The van der Waals surface area contributed by atoms with Crippen LogP contribution in [0.15, 0.2) is 53.9 Å². The number of hydrogen-bond donors (Lipinski definition) is 4. The van der Waals surface area contributed by atoms with Crippen molar-refractivity contribution in [3.63, 3.8) is 0 Å². The van der Waals surface area contributed by atoms with Crippen LogP contribution in [0.25, 0.3) is 0 Å². The van der Waals surface area contributed by atoms with Gasteiger partial charge in [0, 0.05) is 43.9 Å². The van der Waals surface area contributed by atoms with Crippen molar-refractivity contribution in [1.29, 1.82) is 0 Å². The average molecular weight is 637 g/mol. The van der Waals surface area contributed by atoms with E-state index in [1.807, 2.05) is 58.0 Å². The highest BCUT2D eigenvalue weighted by atomic mass is 16.2. The predicted molar refractivity (Wildman–Crippen MR) is 174 cm³/mol. The molecule has 0 saturated heterocycles. The molecule has 2 aliphatic heterocycles. The van der Waals surface area contributed by atoms with E-state index in [0.717, 1.165) is 12.0 Å². The molecule has 4 amide bonds. The van der Waals surface area contributed by atoms with E-state index in [-0.39, 0.29) is 73.7 Å². The summed E-state index contributed by atoms with van der Waals surface area (Å²) >= 11 is 0. The van der Waals surface area contributed by atoms with Crippen molar-refractivity contribution in [1.82, 2.24) is 31.1 Å². The minimum atomic E-state index is -0.869. The third kappa shape index (κ3) is 10.3. The van der Waals surface area contributed by atoms with Gasteiger partial charge in [0.1, 0.15) is 18.1 Å². The molecule has 1 aromatic carbocycles. The number of rotatable bonds is 14. The number of nitrogens with zero attached hydrogens (tertiary/aromatic N) is 2. The lowest BCUT2D eigenvalue weighted by Crippen LogP contribution is -2.55. The van der Waals surface area contributed by atoms with E-state index < -0.39 is 24.0 Å². The van der Waals surface area contributed by atoms with Gasteiger partial charge in [-0.05, 0) is 23.8 Å². The lowest BCUT2D eigenvalue weighted by Gasteiger charge is -2.35. The smallest absolute Gasteiger partial charge is 0.246 e. The zero-order chi connectivity index (χ0) is 34.0. The first-order valence-electron chi connectivity index (χ1n) is 15.9. The fourth-order valence-corrected chi connectivity index (χ4v) is 5.67. The van der Waals surface area contributed by atoms with E-state index >= 15 is 0 Å². The Bertz CT molecular complexity index is 1360. The molecule has 1 aromatic rings. The summed E-state index contributed by atoms with van der Waals surface area (Å²) in [7, 11) is 1.56. The summed E-state index contributed by atoms with van der Waals surface area (Å²) in [6.07, 6.45) is 4.25. The molecule has 3 rings (SSSR count). The molecule has 12 heteroatoms. The second kappa shape index (κ2) is 16.7. The topological polar surface area (TPSA) is 157 Å². The van der Waals surface area contributed by atoms with Crippen LogP contribution in [-0.4, -0.2) is 96.3 Å². The molecule has 4 N–H and O–H groups in total. The Morgan fingerprint density at radius 1 is 0.804 bits per heavy atom. The first-order valence-corrected chi connectivity index (χ1v) is 15.9. The van der Waals surface area contributed by atoms with Crippen LogP contribution in [0.3, 0.4) is 0 Å². The Morgan fingerprint density at radius 3 is 1.85 bits per heavy atom. The van der Waals surface area contributed by atoms with Crippen molar-refractivity contribution in [3.05, 3.63) is 59.4 Å². The molecule has 0 fully saturated rings.